The predicted molar refractivity (Wildman–Crippen MR) is 115 cm³/mol. The van der Waals surface area contributed by atoms with E-state index in [0.717, 1.165) is 48.1 Å². The summed E-state index contributed by atoms with van der Waals surface area (Å²) in [6, 6.07) is 12.6. The average Bonchev–Trinajstić information content (AvgIpc) is 3.36. The highest BCUT2D eigenvalue weighted by Crippen LogP contribution is 2.34. The van der Waals surface area contributed by atoms with E-state index in [1.165, 1.54) is 28.3 Å². The lowest BCUT2D eigenvalue weighted by Crippen LogP contribution is -2.27. The third-order valence-electron chi connectivity index (χ3n) is 5.04. The fourth-order valence-corrected chi connectivity index (χ4v) is 4.19. The van der Waals surface area contributed by atoms with Crippen molar-refractivity contribution in [2.45, 2.75) is 13.3 Å². The number of fused-ring (bicyclic) bond motifs is 1. The Morgan fingerprint density at radius 2 is 2.21 bits per heavy atom. The van der Waals surface area contributed by atoms with E-state index < -0.39 is 0 Å². The number of methoxy groups -OCH3 is 1. The zero-order chi connectivity index (χ0) is 19.5. The van der Waals surface area contributed by atoms with Gasteiger partial charge in [0.2, 0.25) is 5.82 Å². The maximum atomic E-state index is 5.50. The largest absolute Gasteiger partial charge is 0.496 e. The number of ether oxygens (including phenoxy) is 1. The van der Waals surface area contributed by atoms with Gasteiger partial charge in [-0.3, -0.25) is 0 Å². The molecule has 3 aromatic rings. The lowest BCUT2D eigenvalue weighted by molar-refractivity contribution is 0.411. The molecule has 2 heterocycles. The van der Waals surface area contributed by atoms with Gasteiger partial charge in [-0.15, -0.1) is 6.42 Å². The fourth-order valence-electron chi connectivity index (χ4n) is 3.56. The van der Waals surface area contributed by atoms with Crippen LogP contribution in [0.2, 0.25) is 0 Å². The predicted octanol–water partition coefficient (Wildman–Crippen LogP) is 3.98. The second-order valence-electron chi connectivity index (χ2n) is 6.72. The molecule has 0 saturated carbocycles. The van der Waals surface area contributed by atoms with Gasteiger partial charge >= 0.3 is 0 Å². The number of nitrogens with zero attached hydrogens (tertiary/aromatic N) is 3. The van der Waals surface area contributed by atoms with E-state index in [1.54, 1.807) is 7.11 Å². The van der Waals surface area contributed by atoms with Gasteiger partial charge in [0.05, 0.1) is 7.11 Å². The summed E-state index contributed by atoms with van der Waals surface area (Å²) in [4.78, 5) is 6.79. The van der Waals surface area contributed by atoms with Crippen molar-refractivity contribution in [1.82, 2.24) is 9.36 Å². The summed E-state index contributed by atoms with van der Waals surface area (Å²) >= 11 is 1.33. The number of aryl methyl sites for hydroxylation is 1. The molecule has 2 aromatic carbocycles. The molecule has 5 nitrogen and oxygen atoms in total. The Morgan fingerprint density at radius 3 is 3.00 bits per heavy atom. The van der Waals surface area contributed by atoms with Crippen LogP contribution in [-0.2, 0) is 6.42 Å². The Balaban J connectivity index is 1.44. The molecule has 0 radical (unpaired) electrons. The Morgan fingerprint density at radius 1 is 1.32 bits per heavy atom. The fraction of sp³-hybridized carbons (Fsp3) is 0.273. The van der Waals surface area contributed by atoms with E-state index in [0.29, 0.717) is 5.82 Å². The number of anilines is 2. The normalized spacial score (nSPS) is 12.5. The molecule has 0 spiro atoms. The molecule has 1 aromatic heterocycles. The number of rotatable bonds is 6. The topological polar surface area (TPSA) is 50.3 Å². The van der Waals surface area contributed by atoms with Crippen LogP contribution in [0.1, 0.15) is 17.0 Å². The monoisotopic (exact) mass is 390 g/mol. The maximum absolute atomic E-state index is 5.50. The van der Waals surface area contributed by atoms with Crippen molar-refractivity contribution < 1.29 is 4.74 Å². The van der Waals surface area contributed by atoms with Crippen LogP contribution in [0.5, 0.6) is 5.75 Å². The summed E-state index contributed by atoms with van der Waals surface area (Å²) in [5, 5.41) is 4.42. The molecule has 0 bridgehead atoms. The lowest BCUT2D eigenvalue weighted by Gasteiger charge is -2.21. The maximum Gasteiger partial charge on any atom is 0.217 e. The molecule has 0 amide bonds. The third-order valence-corrected chi connectivity index (χ3v) is 5.80. The van der Waals surface area contributed by atoms with Gasteiger partial charge in [0.25, 0.3) is 0 Å². The van der Waals surface area contributed by atoms with Crippen LogP contribution in [-0.4, -0.2) is 36.1 Å². The van der Waals surface area contributed by atoms with E-state index in [9.17, 15) is 0 Å². The molecule has 0 aliphatic carbocycles. The Bertz CT molecular complexity index is 1040. The lowest BCUT2D eigenvalue weighted by atomic mass is 10.1. The number of aromatic nitrogens is 2. The summed E-state index contributed by atoms with van der Waals surface area (Å²) in [6.45, 7) is 4.92. The smallest absolute Gasteiger partial charge is 0.217 e. The van der Waals surface area contributed by atoms with Crippen LogP contribution in [0.3, 0.4) is 0 Å². The van der Waals surface area contributed by atoms with Gasteiger partial charge in [-0.2, -0.15) is 4.37 Å². The summed E-state index contributed by atoms with van der Waals surface area (Å²) in [5.74, 6) is 3.91. The highest BCUT2D eigenvalue weighted by molar-refractivity contribution is 7.09. The van der Waals surface area contributed by atoms with Crippen molar-refractivity contribution in [3.63, 3.8) is 0 Å². The van der Waals surface area contributed by atoms with Crippen molar-refractivity contribution in [1.29, 1.82) is 0 Å². The molecule has 6 heteroatoms. The quantitative estimate of drug-likeness (QED) is 0.645. The Labute approximate surface area is 169 Å². The van der Waals surface area contributed by atoms with Gasteiger partial charge in [0.15, 0.2) is 0 Å². The van der Waals surface area contributed by atoms with Crippen molar-refractivity contribution in [2.75, 3.05) is 37.0 Å². The molecule has 1 aliphatic heterocycles. The summed E-state index contributed by atoms with van der Waals surface area (Å²) in [5.41, 5.74) is 5.93. The first-order valence-corrected chi connectivity index (χ1v) is 10.0. The van der Waals surface area contributed by atoms with Crippen LogP contribution in [0.25, 0.3) is 10.6 Å². The van der Waals surface area contributed by atoms with Gasteiger partial charge in [-0.05, 0) is 54.6 Å². The zero-order valence-electron chi connectivity index (χ0n) is 16.0. The van der Waals surface area contributed by atoms with E-state index in [4.69, 9.17) is 11.2 Å². The van der Waals surface area contributed by atoms with E-state index >= 15 is 0 Å². The van der Waals surface area contributed by atoms with Crippen molar-refractivity contribution in [3.8, 4) is 28.7 Å². The van der Waals surface area contributed by atoms with Crippen LogP contribution in [0, 0.1) is 19.3 Å². The van der Waals surface area contributed by atoms with Crippen LogP contribution in [0.15, 0.2) is 36.4 Å². The first kappa shape index (κ1) is 18.3. The van der Waals surface area contributed by atoms with Gasteiger partial charge in [0, 0.05) is 42.1 Å². The third kappa shape index (κ3) is 3.54. The summed E-state index contributed by atoms with van der Waals surface area (Å²) < 4.78 is 9.67. The average molecular weight is 391 g/mol. The van der Waals surface area contributed by atoms with Crippen molar-refractivity contribution in [2.24, 2.45) is 0 Å². The first-order valence-electron chi connectivity index (χ1n) is 9.25. The van der Waals surface area contributed by atoms with Crippen molar-refractivity contribution in [3.05, 3.63) is 53.3 Å². The SMILES string of the molecule is C#Cc1nsc(-c2ccc(C)c(NCCN3CCc4c(OC)cccc43)c2)n1. The Kier molecular flexibility index (Phi) is 5.18. The second kappa shape index (κ2) is 7.91. The molecular formula is C22H22N4OS. The first-order chi connectivity index (χ1) is 13.7. The van der Waals surface area contributed by atoms with Crippen LogP contribution >= 0.6 is 11.5 Å². The van der Waals surface area contributed by atoms with Crippen molar-refractivity contribution >= 4 is 22.9 Å². The molecule has 4 rings (SSSR count). The molecular weight excluding hydrogens is 368 g/mol. The van der Waals surface area contributed by atoms with Gasteiger partial charge in [-0.25, -0.2) is 4.98 Å². The molecule has 1 aliphatic rings. The minimum Gasteiger partial charge on any atom is -0.496 e. The standard InChI is InChI=1S/C22H22N4OS/c1-4-21-24-22(28-25-21)16-9-8-15(2)18(14-16)23-11-13-26-12-10-17-19(26)6-5-7-20(17)27-3/h1,5-9,14,23H,10-13H2,2-3H3. The molecule has 0 fully saturated rings. The van der Waals surface area contributed by atoms with Crippen LogP contribution in [0.4, 0.5) is 11.4 Å². The Hall–Kier alpha value is -3.04. The molecule has 0 atom stereocenters. The molecule has 142 valence electrons. The minimum absolute atomic E-state index is 0.443. The highest BCUT2D eigenvalue weighted by Gasteiger charge is 2.21. The number of terminal acetylenes is 1. The minimum atomic E-state index is 0.443. The number of benzene rings is 2. The zero-order valence-corrected chi connectivity index (χ0v) is 16.8. The number of hydrogen-bond acceptors (Lipinski definition) is 6. The highest BCUT2D eigenvalue weighted by atomic mass is 32.1. The summed E-state index contributed by atoms with van der Waals surface area (Å²) in [7, 11) is 1.74. The molecule has 1 N–H and O–H groups in total. The van der Waals surface area contributed by atoms with Gasteiger partial charge < -0.3 is 15.0 Å². The van der Waals surface area contributed by atoms with E-state index in [-0.39, 0.29) is 0 Å². The molecule has 28 heavy (non-hydrogen) atoms. The molecule has 0 saturated heterocycles. The van der Waals surface area contributed by atoms with E-state index in [2.05, 4.69) is 62.8 Å². The van der Waals surface area contributed by atoms with E-state index in [1.807, 2.05) is 6.07 Å². The number of hydrogen-bond donors (Lipinski definition) is 1. The number of nitrogens with one attached hydrogen (secondary N) is 1. The summed E-state index contributed by atoms with van der Waals surface area (Å²) in [6.07, 6.45) is 6.41. The van der Waals surface area contributed by atoms with Gasteiger partial charge in [-0.1, -0.05) is 18.2 Å². The second-order valence-corrected chi connectivity index (χ2v) is 7.47. The molecule has 0 unspecified atom stereocenters. The van der Waals surface area contributed by atoms with Crippen LogP contribution < -0.4 is 15.0 Å². The van der Waals surface area contributed by atoms with Gasteiger partial charge in [0.1, 0.15) is 10.8 Å².